The van der Waals surface area contributed by atoms with Gasteiger partial charge in [-0.05, 0) is 66.4 Å². The van der Waals surface area contributed by atoms with Crippen molar-refractivity contribution in [2.45, 2.75) is 70.3 Å². The molecule has 0 bridgehead atoms. The lowest BCUT2D eigenvalue weighted by atomic mass is 9.80. The van der Waals surface area contributed by atoms with Crippen LogP contribution in [0.25, 0.3) is 11.6 Å². The van der Waals surface area contributed by atoms with Crippen molar-refractivity contribution in [3.05, 3.63) is 64.7 Å². The molecule has 2 aliphatic carbocycles. The highest BCUT2D eigenvalue weighted by Crippen LogP contribution is 2.41. The third kappa shape index (κ3) is 4.03. The average molecular weight is 416 g/mol. The Balaban J connectivity index is 1.35. The summed E-state index contributed by atoms with van der Waals surface area (Å²) in [7, 11) is 0. The van der Waals surface area contributed by atoms with Crippen LogP contribution < -0.4 is 0 Å². The number of rotatable bonds is 4. The minimum Gasteiger partial charge on any atom is -0.507 e. The van der Waals surface area contributed by atoms with Crippen LogP contribution in [0.15, 0.2) is 42.5 Å². The molecule has 2 aromatic rings. The van der Waals surface area contributed by atoms with Crippen LogP contribution in [0.1, 0.15) is 80.0 Å². The first-order valence-corrected chi connectivity index (χ1v) is 12.0. The molecule has 2 aromatic carbocycles. The molecule has 2 unspecified atom stereocenters. The Hall–Kier alpha value is -2.55. The molecule has 2 fully saturated rings. The van der Waals surface area contributed by atoms with E-state index in [0.717, 1.165) is 31.4 Å². The first-order valence-electron chi connectivity index (χ1n) is 12.0. The van der Waals surface area contributed by atoms with Crippen molar-refractivity contribution >= 4 is 17.6 Å². The fourth-order valence-electron chi connectivity index (χ4n) is 5.94. The summed E-state index contributed by atoms with van der Waals surface area (Å²) in [5, 5.41) is 10.3. The smallest absolute Gasteiger partial charge is 0.226 e. The van der Waals surface area contributed by atoms with Gasteiger partial charge in [-0.25, -0.2) is 0 Å². The van der Waals surface area contributed by atoms with Gasteiger partial charge in [0.05, 0.1) is 0 Å². The standard InChI is InChI=1S/C28H33NO2/c1-19-15-22(26-9-5-6-10-27(26)30)18-23-17-20(11-12-25(19)23)16-21-13-14-29(28(21)31)24-7-3-2-4-8-24/h5-6,9-12,17-19,21,24,30H,2-4,7-8,13-16H2,1H3. The molecule has 0 aromatic heterocycles. The number of phenols is 1. The predicted molar refractivity (Wildman–Crippen MR) is 126 cm³/mol. The molecule has 1 saturated heterocycles. The van der Waals surface area contributed by atoms with E-state index in [1.54, 1.807) is 6.07 Å². The number of nitrogens with zero attached hydrogens (tertiary/aromatic N) is 1. The Morgan fingerprint density at radius 3 is 2.65 bits per heavy atom. The normalized spacial score (nSPS) is 24.2. The van der Waals surface area contributed by atoms with Crippen molar-refractivity contribution in [3.63, 3.8) is 0 Å². The zero-order valence-corrected chi connectivity index (χ0v) is 18.5. The molecule has 1 amide bonds. The topological polar surface area (TPSA) is 40.5 Å². The molecular formula is C28H33NO2. The lowest BCUT2D eigenvalue weighted by Crippen LogP contribution is -2.39. The number of carbonyl (C=O) groups is 1. The first kappa shape index (κ1) is 20.4. The molecule has 31 heavy (non-hydrogen) atoms. The van der Waals surface area contributed by atoms with Gasteiger partial charge < -0.3 is 10.0 Å². The van der Waals surface area contributed by atoms with Crippen molar-refractivity contribution in [1.82, 2.24) is 4.90 Å². The summed E-state index contributed by atoms with van der Waals surface area (Å²) in [6.07, 6.45) is 11.2. The summed E-state index contributed by atoms with van der Waals surface area (Å²) >= 11 is 0. The van der Waals surface area contributed by atoms with Crippen LogP contribution in [0.3, 0.4) is 0 Å². The van der Waals surface area contributed by atoms with Gasteiger partial charge in [0.15, 0.2) is 0 Å². The molecule has 2 atom stereocenters. The highest BCUT2D eigenvalue weighted by atomic mass is 16.3. The number of allylic oxidation sites excluding steroid dienone is 1. The van der Waals surface area contributed by atoms with E-state index in [1.165, 1.54) is 54.4 Å². The van der Waals surface area contributed by atoms with Gasteiger partial charge in [-0.1, -0.05) is 68.7 Å². The Bertz CT molecular complexity index is 1000. The average Bonchev–Trinajstić information content (AvgIpc) is 3.14. The number of hydrogen-bond donors (Lipinski definition) is 1. The van der Waals surface area contributed by atoms with Crippen LogP contribution in [0.5, 0.6) is 5.75 Å². The van der Waals surface area contributed by atoms with Crippen LogP contribution in [0.4, 0.5) is 0 Å². The number of carbonyl (C=O) groups excluding carboxylic acids is 1. The number of hydrogen-bond acceptors (Lipinski definition) is 2. The summed E-state index contributed by atoms with van der Waals surface area (Å²) in [5.41, 5.74) is 5.98. The second-order valence-corrected chi connectivity index (χ2v) is 9.77. The van der Waals surface area contributed by atoms with Crippen molar-refractivity contribution in [3.8, 4) is 5.75 Å². The van der Waals surface area contributed by atoms with Crippen LogP contribution in [0, 0.1) is 5.92 Å². The van der Waals surface area contributed by atoms with E-state index >= 15 is 0 Å². The fraction of sp³-hybridized carbons (Fsp3) is 0.464. The summed E-state index contributed by atoms with van der Waals surface area (Å²) in [5.74, 6) is 1.27. The lowest BCUT2D eigenvalue weighted by molar-refractivity contribution is -0.133. The number of aromatic hydroxyl groups is 1. The molecule has 1 aliphatic heterocycles. The maximum absolute atomic E-state index is 13.1. The molecule has 1 saturated carbocycles. The Kier molecular flexibility index (Phi) is 5.60. The van der Waals surface area contributed by atoms with Crippen LogP contribution >= 0.6 is 0 Å². The highest BCUT2D eigenvalue weighted by Gasteiger charge is 2.36. The van der Waals surface area contributed by atoms with E-state index in [4.69, 9.17) is 0 Å². The van der Waals surface area contributed by atoms with E-state index in [2.05, 4.69) is 36.1 Å². The first-order chi connectivity index (χ1) is 15.1. The summed E-state index contributed by atoms with van der Waals surface area (Å²) in [6.45, 7) is 3.20. The summed E-state index contributed by atoms with van der Waals surface area (Å²) in [6, 6.07) is 14.9. The van der Waals surface area contributed by atoms with Gasteiger partial charge in [0.2, 0.25) is 5.91 Å². The lowest BCUT2D eigenvalue weighted by Gasteiger charge is -2.31. The second-order valence-electron chi connectivity index (χ2n) is 9.77. The number of amides is 1. The van der Waals surface area contributed by atoms with E-state index in [9.17, 15) is 9.90 Å². The maximum atomic E-state index is 13.1. The minimum atomic E-state index is 0.127. The van der Waals surface area contributed by atoms with Gasteiger partial charge in [0, 0.05) is 24.1 Å². The van der Waals surface area contributed by atoms with Gasteiger partial charge in [0.1, 0.15) is 5.75 Å². The SMILES string of the molecule is CC1CC(c2ccccc2O)=Cc2cc(CC3CCN(C4CCCCC4)C3=O)ccc21. The van der Waals surface area contributed by atoms with Crippen molar-refractivity contribution in [2.24, 2.45) is 5.92 Å². The predicted octanol–water partition coefficient (Wildman–Crippen LogP) is 6.16. The number of fused-ring (bicyclic) bond motifs is 1. The largest absolute Gasteiger partial charge is 0.507 e. The number of likely N-dealkylation sites (tertiary alicyclic amines) is 1. The zero-order chi connectivity index (χ0) is 21.4. The van der Waals surface area contributed by atoms with E-state index < -0.39 is 0 Å². The zero-order valence-electron chi connectivity index (χ0n) is 18.5. The molecule has 3 nitrogen and oxygen atoms in total. The molecule has 0 spiro atoms. The third-order valence-corrected chi connectivity index (χ3v) is 7.64. The fourth-order valence-corrected chi connectivity index (χ4v) is 5.94. The van der Waals surface area contributed by atoms with E-state index in [1.807, 2.05) is 18.2 Å². The molecule has 162 valence electrons. The van der Waals surface area contributed by atoms with Crippen molar-refractivity contribution in [1.29, 1.82) is 0 Å². The maximum Gasteiger partial charge on any atom is 0.226 e. The second kappa shape index (κ2) is 8.53. The van der Waals surface area contributed by atoms with Gasteiger partial charge >= 0.3 is 0 Å². The van der Waals surface area contributed by atoms with E-state index in [0.29, 0.717) is 23.6 Å². The molecule has 5 rings (SSSR count). The van der Waals surface area contributed by atoms with Crippen LogP contribution in [-0.4, -0.2) is 28.5 Å². The quantitative estimate of drug-likeness (QED) is 0.649. The summed E-state index contributed by atoms with van der Waals surface area (Å²) < 4.78 is 0. The number of phenolic OH excluding ortho intramolecular Hbond substituents is 1. The highest BCUT2D eigenvalue weighted by molar-refractivity contribution is 5.87. The molecule has 3 heteroatoms. The van der Waals surface area contributed by atoms with Crippen molar-refractivity contribution < 1.29 is 9.90 Å². The minimum absolute atomic E-state index is 0.127. The Morgan fingerprint density at radius 1 is 1.03 bits per heavy atom. The van der Waals surface area contributed by atoms with E-state index in [-0.39, 0.29) is 5.92 Å². The molecule has 3 aliphatic rings. The Morgan fingerprint density at radius 2 is 1.84 bits per heavy atom. The summed E-state index contributed by atoms with van der Waals surface area (Å²) in [4.78, 5) is 15.3. The molecular weight excluding hydrogens is 382 g/mol. The number of benzene rings is 2. The van der Waals surface area contributed by atoms with Crippen molar-refractivity contribution in [2.75, 3.05) is 6.54 Å². The number of para-hydroxylation sites is 1. The molecule has 1 N–H and O–H groups in total. The molecule has 0 radical (unpaired) electrons. The van der Waals surface area contributed by atoms with Crippen LogP contribution in [-0.2, 0) is 11.2 Å². The molecule has 1 heterocycles. The van der Waals surface area contributed by atoms with Crippen LogP contribution in [0.2, 0.25) is 0 Å². The monoisotopic (exact) mass is 415 g/mol. The van der Waals surface area contributed by atoms with Gasteiger partial charge in [-0.3, -0.25) is 4.79 Å². The van der Waals surface area contributed by atoms with Gasteiger partial charge in [-0.15, -0.1) is 0 Å². The van der Waals surface area contributed by atoms with Gasteiger partial charge in [0.25, 0.3) is 0 Å². The Labute approximate surface area is 185 Å². The third-order valence-electron chi connectivity index (χ3n) is 7.64. The van der Waals surface area contributed by atoms with Gasteiger partial charge in [-0.2, -0.15) is 0 Å².